The average molecular weight is 452 g/mol. The van der Waals surface area contributed by atoms with Gasteiger partial charge in [-0.2, -0.15) is 0 Å². The van der Waals surface area contributed by atoms with Gasteiger partial charge in [-0.25, -0.2) is 0 Å². The topological polar surface area (TPSA) is 148 Å². The molecule has 32 heavy (non-hydrogen) atoms. The maximum atomic E-state index is 11.6. The van der Waals surface area contributed by atoms with Gasteiger partial charge < -0.3 is 27.0 Å². The summed E-state index contributed by atoms with van der Waals surface area (Å²) in [5, 5.41) is 5.28. The lowest BCUT2D eigenvalue weighted by molar-refractivity contribution is -0.129. The van der Waals surface area contributed by atoms with Crippen LogP contribution in [0.5, 0.6) is 0 Å². The highest BCUT2D eigenvalue weighted by Crippen LogP contribution is 2.61. The number of primary amides is 1. The van der Waals surface area contributed by atoms with Crippen molar-refractivity contribution in [3.8, 4) is 0 Å². The normalized spacial score (nSPS) is 28.4. The van der Waals surface area contributed by atoms with Crippen LogP contribution in [-0.4, -0.2) is 60.2 Å². The van der Waals surface area contributed by atoms with Crippen LogP contribution in [-0.2, 0) is 19.2 Å². The van der Waals surface area contributed by atoms with E-state index in [4.69, 9.17) is 11.5 Å². The third-order valence-electron chi connectivity index (χ3n) is 7.03. The molecule has 4 amide bonds. The zero-order valence-corrected chi connectivity index (χ0v) is 20.1. The Hall–Kier alpha value is -2.16. The molecule has 6 N–H and O–H groups in total. The van der Waals surface area contributed by atoms with Crippen molar-refractivity contribution in [3.05, 3.63) is 0 Å². The van der Waals surface area contributed by atoms with Gasteiger partial charge in [0.2, 0.25) is 24.1 Å². The molecule has 0 aromatic carbocycles. The maximum absolute atomic E-state index is 11.6. The summed E-state index contributed by atoms with van der Waals surface area (Å²) >= 11 is 0. The van der Waals surface area contributed by atoms with Crippen LogP contribution in [0.25, 0.3) is 0 Å². The van der Waals surface area contributed by atoms with Crippen molar-refractivity contribution in [2.24, 2.45) is 40.6 Å². The summed E-state index contributed by atoms with van der Waals surface area (Å²) in [5.41, 5.74) is 10.9. The van der Waals surface area contributed by atoms with Crippen LogP contribution in [0.3, 0.4) is 0 Å². The van der Waals surface area contributed by atoms with Crippen LogP contribution < -0.4 is 22.1 Å². The highest BCUT2D eigenvalue weighted by molar-refractivity contribution is 5.86. The minimum absolute atomic E-state index is 0.00880. The smallest absolute Gasteiger partial charge is 0.240 e. The van der Waals surface area contributed by atoms with Crippen molar-refractivity contribution in [3.63, 3.8) is 0 Å². The van der Waals surface area contributed by atoms with Crippen LogP contribution in [0.1, 0.15) is 60.3 Å². The molecular weight excluding hydrogens is 410 g/mol. The molecule has 4 rings (SSSR count). The zero-order chi connectivity index (χ0) is 24.3. The van der Waals surface area contributed by atoms with Gasteiger partial charge in [-0.1, -0.05) is 34.6 Å². The summed E-state index contributed by atoms with van der Waals surface area (Å²) in [6.07, 6.45) is 3.50. The summed E-state index contributed by atoms with van der Waals surface area (Å²) in [7, 11) is 0. The SMILES string of the molecule is CC(C)C.CC1(C)C2CN(C(=O)CN)CC21.NC(=O)C(CC1CC2(CC2)NC1=O)NC=O. The second-order valence-electron chi connectivity index (χ2n) is 10.9. The van der Waals surface area contributed by atoms with Crippen LogP contribution in [0.4, 0.5) is 0 Å². The van der Waals surface area contributed by atoms with Crippen molar-refractivity contribution < 1.29 is 19.2 Å². The van der Waals surface area contributed by atoms with Gasteiger partial charge in [0.15, 0.2) is 0 Å². The van der Waals surface area contributed by atoms with E-state index in [1.807, 2.05) is 4.90 Å². The maximum Gasteiger partial charge on any atom is 0.240 e. The first kappa shape index (κ1) is 26.1. The molecular formula is C23H41N5O4. The van der Waals surface area contributed by atoms with Crippen LogP contribution in [0, 0.1) is 29.1 Å². The molecule has 2 aliphatic heterocycles. The van der Waals surface area contributed by atoms with E-state index in [0.717, 1.165) is 50.1 Å². The molecule has 0 aromatic heterocycles. The number of carbonyl (C=O) groups excluding carboxylic acids is 4. The van der Waals surface area contributed by atoms with E-state index in [1.54, 1.807) is 0 Å². The van der Waals surface area contributed by atoms with E-state index < -0.39 is 11.9 Å². The standard InChI is InChI=1S/C10H15N3O3.C9H16N2O.C4H10/c11-8(15)7(12-5-14)3-6-4-10(1-2-10)13-9(6)16;1-9(2)6-4-11(5-7(6)9)8(12)3-10;1-4(2)3/h5-7H,1-4H2,(H2,11,15)(H,12,14)(H,13,16);6-7H,3-5,10H2,1-2H3;4H,1-3H3. The highest BCUT2D eigenvalue weighted by atomic mass is 16.2. The molecule has 0 aromatic rings. The molecule has 2 aliphatic carbocycles. The number of nitrogens with two attached hydrogens (primary N) is 2. The first-order valence-corrected chi connectivity index (χ1v) is 11.7. The van der Waals surface area contributed by atoms with Gasteiger partial charge in [0.25, 0.3) is 0 Å². The van der Waals surface area contributed by atoms with Crippen molar-refractivity contribution in [1.29, 1.82) is 0 Å². The Morgan fingerprint density at radius 1 is 1.22 bits per heavy atom. The molecule has 2 saturated heterocycles. The number of carbonyl (C=O) groups is 4. The molecule has 4 unspecified atom stereocenters. The zero-order valence-electron chi connectivity index (χ0n) is 20.1. The third kappa shape index (κ3) is 6.43. The number of fused-ring (bicyclic) bond motifs is 1. The molecule has 2 heterocycles. The van der Waals surface area contributed by atoms with E-state index in [0.29, 0.717) is 18.2 Å². The highest BCUT2D eigenvalue weighted by Gasteiger charge is 2.62. The quantitative estimate of drug-likeness (QED) is 0.431. The fourth-order valence-electron chi connectivity index (χ4n) is 4.75. The Morgan fingerprint density at radius 2 is 1.75 bits per heavy atom. The van der Waals surface area contributed by atoms with E-state index in [-0.39, 0.29) is 29.8 Å². The van der Waals surface area contributed by atoms with Gasteiger partial charge >= 0.3 is 0 Å². The average Bonchev–Trinajstić information content (AvgIpc) is 3.38. The Kier molecular flexibility index (Phi) is 8.31. The fourth-order valence-corrected chi connectivity index (χ4v) is 4.75. The summed E-state index contributed by atoms with van der Waals surface area (Å²) in [6.45, 7) is 13.1. The van der Waals surface area contributed by atoms with Gasteiger partial charge in [0.05, 0.1) is 6.54 Å². The van der Waals surface area contributed by atoms with Crippen LogP contribution >= 0.6 is 0 Å². The second kappa shape index (κ2) is 10.2. The molecule has 0 bridgehead atoms. The van der Waals surface area contributed by atoms with Gasteiger partial charge in [0, 0.05) is 24.5 Å². The second-order valence-corrected chi connectivity index (χ2v) is 10.9. The monoisotopic (exact) mass is 451 g/mol. The van der Waals surface area contributed by atoms with Crippen LogP contribution in [0.2, 0.25) is 0 Å². The Bertz CT molecular complexity index is 702. The van der Waals surface area contributed by atoms with Gasteiger partial charge in [-0.15, -0.1) is 0 Å². The third-order valence-corrected chi connectivity index (χ3v) is 7.03. The van der Waals surface area contributed by atoms with E-state index in [9.17, 15) is 19.2 Å². The number of piperidine rings is 1. The summed E-state index contributed by atoms with van der Waals surface area (Å²) in [6, 6.07) is -0.748. The van der Waals surface area contributed by atoms with Crippen molar-refractivity contribution in [2.75, 3.05) is 19.6 Å². The fraction of sp³-hybridized carbons (Fsp3) is 0.826. The van der Waals surface area contributed by atoms with E-state index in [1.165, 1.54) is 0 Å². The minimum atomic E-state index is -0.748. The van der Waals surface area contributed by atoms with Crippen LogP contribution in [0.15, 0.2) is 0 Å². The number of nitrogens with one attached hydrogen (secondary N) is 2. The Morgan fingerprint density at radius 3 is 2.12 bits per heavy atom. The number of rotatable bonds is 6. The van der Waals surface area contributed by atoms with Gasteiger partial charge in [-0.05, 0) is 48.9 Å². The molecule has 9 nitrogen and oxygen atoms in total. The number of amides is 4. The van der Waals surface area contributed by atoms with Crippen molar-refractivity contribution >= 4 is 24.1 Å². The molecule has 0 radical (unpaired) electrons. The Balaban J connectivity index is 0.000000200. The summed E-state index contributed by atoms with van der Waals surface area (Å²) < 4.78 is 0. The van der Waals surface area contributed by atoms with Crippen molar-refractivity contribution in [2.45, 2.75) is 71.9 Å². The number of likely N-dealkylation sites (tertiary alicyclic amines) is 1. The van der Waals surface area contributed by atoms with E-state index in [2.05, 4.69) is 45.3 Å². The molecule has 4 aliphatic rings. The van der Waals surface area contributed by atoms with Gasteiger partial charge in [0.1, 0.15) is 6.04 Å². The molecule has 182 valence electrons. The molecule has 9 heteroatoms. The lowest BCUT2D eigenvalue weighted by Crippen LogP contribution is -2.42. The van der Waals surface area contributed by atoms with E-state index >= 15 is 0 Å². The molecule has 2 saturated carbocycles. The van der Waals surface area contributed by atoms with Crippen molar-refractivity contribution in [1.82, 2.24) is 15.5 Å². The first-order chi connectivity index (χ1) is 14.9. The largest absolute Gasteiger partial charge is 0.368 e. The molecule has 4 atom stereocenters. The minimum Gasteiger partial charge on any atom is -0.368 e. The van der Waals surface area contributed by atoms with Gasteiger partial charge in [-0.3, -0.25) is 19.2 Å². The molecule has 1 spiro atoms. The predicted octanol–water partition coefficient (Wildman–Crippen LogP) is 0.367. The number of hydrogen-bond donors (Lipinski definition) is 4. The lowest BCUT2D eigenvalue weighted by atomic mass is 9.95. The number of nitrogens with zero attached hydrogens (tertiary/aromatic N) is 1. The molecule has 4 fully saturated rings. The first-order valence-electron chi connectivity index (χ1n) is 11.7. The summed E-state index contributed by atoms with van der Waals surface area (Å²) in [4.78, 5) is 46.0. The Labute approximate surface area is 191 Å². The number of hydrogen-bond acceptors (Lipinski definition) is 5. The predicted molar refractivity (Wildman–Crippen MR) is 122 cm³/mol. The lowest BCUT2D eigenvalue weighted by Gasteiger charge is -2.21. The summed E-state index contributed by atoms with van der Waals surface area (Å²) in [5.74, 6) is 1.58.